The fourth-order valence-corrected chi connectivity index (χ4v) is 2.69. The number of hydrogen-bond acceptors (Lipinski definition) is 6. The molecule has 1 saturated heterocycles. The second-order valence-corrected chi connectivity index (χ2v) is 5.42. The maximum absolute atomic E-state index is 12.4. The van der Waals surface area contributed by atoms with Crippen LogP contribution in [0.15, 0.2) is 16.8 Å². The van der Waals surface area contributed by atoms with Gasteiger partial charge in [-0.1, -0.05) is 0 Å². The molecule has 0 aliphatic carbocycles. The van der Waals surface area contributed by atoms with E-state index in [1.54, 1.807) is 12.1 Å². The van der Waals surface area contributed by atoms with Crippen molar-refractivity contribution < 1.29 is 9.42 Å². The number of fused-ring (bicyclic) bond motifs is 1. The standard InChI is InChI=1S/C14H19N5O2/c1-9(14(20)19-7-3-2-4-8-19)16-11-6-5-10(15)12-13(11)18-21-17-12/h5-6,9,16H,2-4,7-8,15H2,1H3. The number of hydrogen-bond donors (Lipinski definition) is 2. The molecule has 0 bridgehead atoms. The van der Waals surface area contributed by atoms with Crippen molar-refractivity contribution in [3.63, 3.8) is 0 Å². The molecule has 1 unspecified atom stereocenters. The second kappa shape index (κ2) is 5.59. The Hall–Kier alpha value is -2.31. The highest BCUT2D eigenvalue weighted by atomic mass is 16.6. The lowest BCUT2D eigenvalue weighted by atomic mass is 10.1. The minimum Gasteiger partial charge on any atom is -0.397 e. The molecule has 2 aromatic rings. The van der Waals surface area contributed by atoms with Crippen LogP contribution in [0, 0.1) is 0 Å². The highest BCUT2D eigenvalue weighted by Crippen LogP contribution is 2.26. The Balaban J connectivity index is 1.76. The van der Waals surface area contributed by atoms with Crippen molar-refractivity contribution in [2.75, 3.05) is 24.1 Å². The van der Waals surface area contributed by atoms with Crippen LogP contribution >= 0.6 is 0 Å². The lowest BCUT2D eigenvalue weighted by Crippen LogP contribution is -2.43. The fourth-order valence-electron chi connectivity index (χ4n) is 2.69. The summed E-state index contributed by atoms with van der Waals surface area (Å²) in [4.78, 5) is 14.3. The summed E-state index contributed by atoms with van der Waals surface area (Å²) in [6, 6.07) is 3.20. The Kier molecular flexibility index (Phi) is 3.64. The molecule has 3 rings (SSSR count). The molecule has 0 radical (unpaired) electrons. The van der Waals surface area contributed by atoms with E-state index in [1.807, 2.05) is 11.8 Å². The zero-order valence-electron chi connectivity index (χ0n) is 12.0. The first-order chi connectivity index (χ1) is 10.2. The lowest BCUT2D eigenvalue weighted by molar-refractivity contribution is -0.132. The van der Waals surface area contributed by atoms with Crippen LogP contribution in [-0.4, -0.2) is 40.3 Å². The van der Waals surface area contributed by atoms with Crippen molar-refractivity contribution >= 4 is 28.3 Å². The highest BCUT2D eigenvalue weighted by Gasteiger charge is 2.23. The Morgan fingerprint density at radius 2 is 2.00 bits per heavy atom. The first-order valence-corrected chi connectivity index (χ1v) is 7.23. The van der Waals surface area contributed by atoms with Gasteiger partial charge in [0.1, 0.15) is 6.04 Å². The molecule has 112 valence electrons. The van der Waals surface area contributed by atoms with Gasteiger partial charge < -0.3 is 16.0 Å². The average Bonchev–Trinajstić information content (AvgIpc) is 3.01. The first-order valence-electron chi connectivity index (χ1n) is 7.23. The van der Waals surface area contributed by atoms with E-state index >= 15 is 0 Å². The van der Waals surface area contributed by atoms with Gasteiger partial charge in [0, 0.05) is 13.1 Å². The molecule has 1 fully saturated rings. The molecular weight excluding hydrogens is 270 g/mol. The lowest BCUT2D eigenvalue weighted by Gasteiger charge is -2.29. The van der Waals surface area contributed by atoms with Crippen molar-refractivity contribution in [2.24, 2.45) is 0 Å². The van der Waals surface area contributed by atoms with E-state index in [9.17, 15) is 4.79 Å². The number of rotatable bonds is 3. The van der Waals surface area contributed by atoms with Gasteiger partial charge in [-0.05, 0) is 48.6 Å². The molecular formula is C14H19N5O2. The minimum absolute atomic E-state index is 0.108. The normalized spacial score (nSPS) is 16.9. The van der Waals surface area contributed by atoms with Crippen LogP contribution in [0.4, 0.5) is 11.4 Å². The maximum atomic E-state index is 12.4. The topological polar surface area (TPSA) is 97.3 Å². The van der Waals surface area contributed by atoms with E-state index in [1.165, 1.54) is 6.42 Å². The summed E-state index contributed by atoms with van der Waals surface area (Å²) in [6.07, 6.45) is 3.37. The van der Waals surface area contributed by atoms with Crippen LogP contribution in [-0.2, 0) is 4.79 Å². The fraction of sp³-hybridized carbons (Fsp3) is 0.500. The molecule has 1 aliphatic rings. The summed E-state index contributed by atoms with van der Waals surface area (Å²) in [5.41, 5.74) is 8.09. The number of benzene rings is 1. The molecule has 1 atom stereocenters. The Morgan fingerprint density at radius 1 is 1.29 bits per heavy atom. The number of anilines is 2. The zero-order valence-corrected chi connectivity index (χ0v) is 12.0. The summed E-state index contributed by atoms with van der Waals surface area (Å²) < 4.78 is 4.73. The quantitative estimate of drug-likeness (QED) is 0.833. The smallest absolute Gasteiger partial charge is 0.244 e. The first kappa shape index (κ1) is 13.7. The molecule has 1 aliphatic heterocycles. The second-order valence-electron chi connectivity index (χ2n) is 5.42. The van der Waals surface area contributed by atoms with Crippen LogP contribution in [0.2, 0.25) is 0 Å². The summed E-state index contributed by atoms with van der Waals surface area (Å²) in [5.74, 6) is 0.108. The number of piperidine rings is 1. The number of likely N-dealkylation sites (tertiary alicyclic amines) is 1. The maximum Gasteiger partial charge on any atom is 0.244 e. The molecule has 1 amide bonds. The van der Waals surface area contributed by atoms with Crippen molar-refractivity contribution in [1.82, 2.24) is 15.2 Å². The van der Waals surface area contributed by atoms with Crippen LogP contribution in [0.25, 0.3) is 11.0 Å². The third-order valence-corrected chi connectivity index (χ3v) is 3.86. The Morgan fingerprint density at radius 3 is 2.76 bits per heavy atom. The Bertz CT molecular complexity index is 648. The average molecular weight is 289 g/mol. The van der Waals surface area contributed by atoms with Crippen molar-refractivity contribution in [3.8, 4) is 0 Å². The molecule has 1 aromatic carbocycles. The molecule has 7 nitrogen and oxygen atoms in total. The third-order valence-electron chi connectivity index (χ3n) is 3.86. The van der Waals surface area contributed by atoms with Gasteiger partial charge in [-0.15, -0.1) is 0 Å². The number of carbonyl (C=O) groups is 1. The van der Waals surface area contributed by atoms with Gasteiger partial charge in [0.2, 0.25) is 5.91 Å². The Labute approximate surface area is 122 Å². The van der Waals surface area contributed by atoms with Crippen LogP contribution in [0.5, 0.6) is 0 Å². The number of carbonyl (C=O) groups excluding carboxylic acids is 1. The predicted molar refractivity (Wildman–Crippen MR) is 79.7 cm³/mol. The van der Waals surface area contributed by atoms with Gasteiger partial charge in [-0.3, -0.25) is 4.79 Å². The van der Waals surface area contributed by atoms with E-state index in [2.05, 4.69) is 15.6 Å². The molecule has 1 aromatic heterocycles. The van der Waals surface area contributed by atoms with Crippen molar-refractivity contribution in [1.29, 1.82) is 0 Å². The van der Waals surface area contributed by atoms with Crippen LogP contribution in [0.3, 0.4) is 0 Å². The zero-order chi connectivity index (χ0) is 14.8. The summed E-state index contributed by atoms with van der Waals surface area (Å²) in [6.45, 7) is 3.54. The summed E-state index contributed by atoms with van der Waals surface area (Å²) in [7, 11) is 0. The molecule has 7 heteroatoms. The van der Waals surface area contributed by atoms with E-state index in [-0.39, 0.29) is 11.9 Å². The van der Waals surface area contributed by atoms with Gasteiger partial charge >= 0.3 is 0 Å². The van der Waals surface area contributed by atoms with Gasteiger partial charge in [0.05, 0.1) is 11.4 Å². The highest BCUT2D eigenvalue weighted by molar-refractivity contribution is 5.96. The molecule has 0 saturated carbocycles. The van der Waals surface area contributed by atoms with E-state index in [0.29, 0.717) is 22.4 Å². The van der Waals surface area contributed by atoms with Gasteiger partial charge in [-0.25, -0.2) is 4.63 Å². The number of nitrogen functional groups attached to an aromatic ring is 1. The summed E-state index contributed by atoms with van der Waals surface area (Å²) in [5, 5.41) is 10.8. The monoisotopic (exact) mass is 289 g/mol. The van der Waals surface area contributed by atoms with Crippen LogP contribution < -0.4 is 11.1 Å². The van der Waals surface area contributed by atoms with Crippen LogP contribution in [0.1, 0.15) is 26.2 Å². The van der Waals surface area contributed by atoms with Crippen molar-refractivity contribution in [2.45, 2.75) is 32.2 Å². The molecule has 3 N–H and O–H groups in total. The van der Waals surface area contributed by atoms with Gasteiger partial charge in [0.15, 0.2) is 11.0 Å². The number of nitrogens with two attached hydrogens (primary N) is 1. The molecule has 2 heterocycles. The predicted octanol–water partition coefficient (Wildman–Crippen LogP) is 1.62. The number of aromatic nitrogens is 2. The minimum atomic E-state index is -0.327. The third kappa shape index (κ3) is 2.63. The van der Waals surface area contributed by atoms with Gasteiger partial charge in [0.25, 0.3) is 0 Å². The van der Waals surface area contributed by atoms with E-state index in [0.717, 1.165) is 25.9 Å². The number of nitrogens with one attached hydrogen (secondary N) is 1. The SMILES string of the molecule is CC(Nc1ccc(N)c2nonc12)C(=O)N1CCCCC1. The largest absolute Gasteiger partial charge is 0.397 e. The molecule has 0 spiro atoms. The number of nitrogens with zero attached hydrogens (tertiary/aromatic N) is 3. The van der Waals surface area contributed by atoms with E-state index < -0.39 is 0 Å². The molecule has 21 heavy (non-hydrogen) atoms. The number of amides is 1. The summed E-state index contributed by atoms with van der Waals surface area (Å²) >= 11 is 0. The van der Waals surface area contributed by atoms with Gasteiger partial charge in [-0.2, -0.15) is 0 Å². The van der Waals surface area contributed by atoms with E-state index in [4.69, 9.17) is 10.4 Å². The van der Waals surface area contributed by atoms with Crippen molar-refractivity contribution in [3.05, 3.63) is 12.1 Å².